The van der Waals surface area contributed by atoms with Crippen LogP contribution in [0.1, 0.15) is 45.2 Å². The maximum atomic E-state index is 13.3. The van der Waals surface area contributed by atoms with Gasteiger partial charge in [0.05, 0.1) is 0 Å². The number of rotatable bonds is 5. The predicted octanol–water partition coefficient (Wildman–Crippen LogP) is 3.58. The lowest BCUT2D eigenvalue weighted by atomic mass is 9.78. The molecule has 0 radical (unpaired) electrons. The van der Waals surface area contributed by atoms with E-state index in [1.807, 2.05) is 13.0 Å². The van der Waals surface area contributed by atoms with Crippen molar-refractivity contribution in [1.82, 2.24) is 5.43 Å². The summed E-state index contributed by atoms with van der Waals surface area (Å²) in [7, 11) is 0. The van der Waals surface area contributed by atoms with E-state index in [1.54, 1.807) is 6.07 Å². The maximum absolute atomic E-state index is 13.3. The van der Waals surface area contributed by atoms with Crippen LogP contribution in [-0.4, -0.2) is 6.04 Å². The molecular formula is C16H27FN2. The molecule has 0 saturated heterocycles. The van der Waals surface area contributed by atoms with Crippen LogP contribution < -0.4 is 11.3 Å². The standard InChI is InChI=1S/C16H27FN2/c1-11-6-7-14(17)9-13(11)10-15(19-18)8-12(2)16(3,4)5/h6-7,9,12,15,19H,8,10,18H2,1-5H3. The fourth-order valence-corrected chi connectivity index (χ4v) is 2.12. The van der Waals surface area contributed by atoms with Gasteiger partial charge in [0, 0.05) is 6.04 Å². The molecule has 2 atom stereocenters. The Bertz CT molecular complexity index is 410. The first-order valence-corrected chi connectivity index (χ1v) is 6.95. The van der Waals surface area contributed by atoms with Gasteiger partial charge < -0.3 is 0 Å². The highest BCUT2D eigenvalue weighted by molar-refractivity contribution is 5.27. The van der Waals surface area contributed by atoms with Gasteiger partial charge in [-0.15, -0.1) is 0 Å². The van der Waals surface area contributed by atoms with Gasteiger partial charge in [0.2, 0.25) is 0 Å². The summed E-state index contributed by atoms with van der Waals surface area (Å²) in [6.07, 6.45) is 1.75. The number of nitrogens with two attached hydrogens (primary N) is 1. The summed E-state index contributed by atoms with van der Waals surface area (Å²) in [4.78, 5) is 0. The van der Waals surface area contributed by atoms with Crippen molar-refractivity contribution >= 4 is 0 Å². The van der Waals surface area contributed by atoms with Gasteiger partial charge in [-0.25, -0.2) is 4.39 Å². The van der Waals surface area contributed by atoms with Gasteiger partial charge in [-0.3, -0.25) is 11.3 Å². The maximum Gasteiger partial charge on any atom is 0.123 e. The van der Waals surface area contributed by atoms with Crippen LogP contribution in [0.2, 0.25) is 0 Å². The molecule has 3 heteroatoms. The van der Waals surface area contributed by atoms with Gasteiger partial charge in [-0.2, -0.15) is 0 Å². The number of halogens is 1. The van der Waals surface area contributed by atoms with Crippen molar-refractivity contribution in [1.29, 1.82) is 0 Å². The van der Waals surface area contributed by atoms with Crippen LogP contribution in [0.5, 0.6) is 0 Å². The van der Waals surface area contributed by atoms with E-state index in [2.05, 4.69) is 33.1 Å². The molecule has 1 rings (SSSR count). The Morgan fingerprint density at radius 2 is 1.95 bits per heavy atom. The summed E-state index contributed by atoms with van der Waals surface area (Å²) in [5.74, 6) is 6.02. The third-order valence-electron chi connectivity index (χ3n) is 4.13. The van der Waals surface area contributed by atoms with Gasteiger partial charge in [0.15, 0.2) is 0 Å². The zero-order valence-electron chi connectivity index (χ0n) is 12.8. The zero-order chi connectivity index (χ0) is 14.6. The van der Waals surface area contributed by atoms with Crippen LogP contribution in [-0.2, 0) is 6.42 Å². The first-order chi connectivity index (χ1) is 8.74. The van der Waals surface area contributed by atoms with Gasteiger partial charge >= 0.3 is 0 Å². The van der Waals surface area contributed by atoms with E-state index in [9.17, 15) is 4.39 Å². The molecule has 0 bridgehead atoms. The molecule has 2 unspecified atom stereocenters. The fraction of sp³-hybridized carbons (Fsp3) is 0.625. The molecule has 0 spiro atoms. The average molecular weight is 266 g/mol. The molecule has 1 aromatic rings. The van der Waals surface area contributed by atoms with E-state index in [1.165, 1.54) is 6.07 Å². The first-order valence-electron chi connectivity index (χ1n) is 6.95. The molecule has 2 nitrogen and oxygen atoms in total. The normalized spacial score (nSPS) is 15.3. The second-order valence-electron chi connectivity index (χ2n) is 6.64. The van der Waals surface area contributed by atoms with Crippen molar-refractivity contribution in [3.05, 3.63) is 35.1 Å². The molecule has 0 aliphatic rings. The van der Waals surface area contributed by atoms with Crippen molar-refractivity contribution < 1.29 is 4.39 Å². The fourth-order valence-electron chi connectivity index (χ4n) is 2.12. The Morgan fingerprint density at radius 1 is 1.32 bits per heavy atom. The molecule has 0 aliphatic carbocycles. The van der Waals surface area contributed by atoms with Crippen LogP contribution in [0.3, 0.4) is 0 Å². The molecule has 108 valence electrons. The van der Waals surface area contributed by atoms with Crippen LogP contribution in [0.4, 0.5) is 4.39 Å². The smallest absolute Gasteiger partial charge is 0.123 e. The van der Waals surface area contributed by atoms with Crippen LogP contribution in [0.25, 0.3) is 0 Å². The van der Waals surface area contributed by atoms with Crippen molar-refractivity contribution in [2.45, 2.75) is 53.5 Å². The number of aryl methyl sites for hydroxylation is 1. The Balaban J connectivity index is 2.74. The Hall–Kier alpha value is -0.930. The molecule has 0 amide bonds. The number of nitrogens with one attached hydrogen (secondary N) is 1. The Kier molecular flexibility index (Phi) is 5.50. The Labute approximate surface area is 116 Å². The lowest BCUT2D eigenvalue weighted by Crippen LogP contribution is -2.39. The van der Waals surface area contributed by atoms with Gasteiger partial charge in [0.25, 0.3) is 0 Å². The topological polar surface area (TPSA) is 38.0 Å². The third kappa shape index (κ3) is 4.92. The molecule has 3 N–H and O–H groups in total. The number of benzene rings is 1. The molecular weight excluding hydrogens is 239 g/mol. The average Bonchev–Trinajstić information content (AvgIpc) is 2.31. The largest absolute Gasteiger partial charge is 0.271 e. The number of hydrogen-bond donors (Lipinski definition) is 2. The summed E-state index contributed by atoms with van der Waals surface area (Å²) in [5, 5.41) is 0. The Morgan fingerprint density at radius 3 is 2.47 bits per heavy atom. The molecule has 0 saturated carbocycles. The summed E-state index contributed by atoms with van der Waals surface area (Å²) in [6.45, 7) is 11.0. The van der Waals surface area contributed by atoms with Crippen molar-refractivity contribution in [3.63, 3.8) is 0 Å². The highest BCUT2D eigenvalue weighted by atomic mass is 19.1. The zero-order valence-corrected chi connectivity index (χ0v) is 12.8. The van der Waals surface area contributed by atoms with Crippen LogP contribution in [0.15, 0.2) is 18.2 Å². The number of hydrogen-bond acceptors (Lipinski definition) is 2. The molecule has 1 aromatic carbocycles. The van der Waals surface area contributed by atoms with E-state index in [-0.39, 0.29) is 17.3 Å². The van der Waals surface area contributed by atoms with Crippen molar-refractivity contribution in [3.8, 4) is 0 Å². The van der Waals surface area contributed by atoms with E-state index >= 15 is 0 Å². The van der Waals surface area contributed by atoms with E-state index < -0.39 is 0 Å². The van der Waals surface area contributed by atoms with E-state index in [0.29, 0.717) is 5.92 Å². The molecule has 0 aromatic heterocycles. The molecule has 0 fully saturated rings. The predicted molar refractivity (Wildman–Crippen MR) is 79.2 cm³/mol. The summed E-state index contributed by atoms with van der Waals surface area (Å²) in [6, 6.07) is 5.11. The summed E-state index contributed by atoms with van der Waals surface area (Å²) >= 11 is 0. The lowest BCUT2D eigenvalue weighted by molar-refractivity contribution is 0.222. The van der Waals surface area contributed by atoms with Crippen LogP contribution in [0, 0.1) is 24.1 Å². The third-order valence-corrected chi connectivity index (χ3v) is 4.13. The SMILES string of the molecule is Cc1ccc(F)cc1CC(CC(C)C(C)(C)C)NN. The minimum absolute atomic E-state index is 0.176. The van der Waals surface area contributed by atoms with Crippen molar-refractivity contribution in [2.24, 2.45) is 17.2 Å². The molecule has 0 heterocycles. The highest BCUT2D eigenvalue weighted by Gasteiger charge is 2.23. The van der Waals surface area contributed by atoms with E-state index in [0.717, 1.165) is 24.0 Å². The monoisotopic (exact) mass is 266 g/mol. The summed E-state index contributed by atoms with van der Waals surface area (Å²) in [5.41, 5.74) is 5.28. The minimum Gasteiger partial charge on any atom is -0.271 e. The second kappa shape index (κ2) is 6.49. The highest BCUT2D eigenvalue weighted by Crippen LogP contribution is 2.29. The quantitative estimate of drug-likeness (QED) is 0.631. The second-order valence-corrected chi connectivity index (χ2v) is 6.64. The van der Waals surface area contributed by atoms with Gasteiger partial charge in [-0.05, 0) is 54.4 Å². The van der Waals surface area contributed by atoms with Gasteiger partial charge in [-0.1, -0.05) is 33.8 Å². The van der Waals surface area contributed by atoms with Gasteiger partial charge in [0.1, 0.15) is 5.82 Å². The first kappa shape index (κ1) is 16.1. The molecule has 19 heavy (non-hydrogen) atoms. The summed E-state index contributed by atoms with van der Waals surface area (Å²) < 4.78 is 13.3. The lowest BCUT2D eigenvalue weighted by Gasteiger charge is -2.30. The van der Waals surface area contributed by atoms with Crippen molar-refractivity contribution in [2.75, 3.05) is 0 Å². The van der Waals surface area contributed by atoms with Crippen LogP contribution >= 0.6 is 0 Å². The molecule has 0 aliphatic heterocycles. The minimum atomic E-state index is -0.180. The van der Waals surface area contributed by atoms with E-state index in [4.69, 9.17) is 5.84 Å². The number of hydrazine groups is 1.